The molecule has 1 N–H and O–H groups in total. The Kier molecular flexibility index (Phi) is 2.79. The second-order valence-electron chi connectivity index (χ2n) is 6.43. The summed E-state index contributed by atoms with van der Waals surface area (Å²) in [6, 6.07) is 3.65. The van der Waals surface area contributed by atoms with E-state index in [-0.39, 0.29) is 40.0 Å². The van der Waals surface area contributed by atoms with Crippen LogP contribution in [-0.2, 0) is 19.4 Å². The summed E-state index contributed by atoms with van der Waals surface area (Å²) in [6.07, 6.45) is 5.81. The van der Waals surface area contributed by atoms with Crippen LogP contribution in [0.5, 0.6) is 5.75 Å². The first-order valence-electron chi connectivity index (χ1n) is 7.38. The van der Waals surface area contributed by atoms with Crippen LogP contribution >= 0.6 is 0 Å². The summed E-state index contributed by atoms with van der Waals surface area (Å²) in [5, 5.41) is 10.1. The van der Waals surface area contributed by atoms with E-state index in [9.17, 15) is 23.1 Å². The molecule has 0 radical (unpaired) electrons. The number of carbonyl (C=O) groups excluding carboxylic acids is 2. The molecule has 1 saturated heterocycles. The molecule has 1 saturated carbocycles. The van der Waals surface area contributed by atoms with Gasteiger partial charge in [-0.05, 0) is 36.5 Å². The molecule has 1 aromatic rings. The first-order valence-corrected chi connectivity index (χ1v) is 9.27. The summed E-state index contributed by atoms with van der Waals surface area (Å²) >= 11 is 0. The molecule has 2 amide bonds. The first kappa shape index (κ1) is 14.4. The second-order valence-corrected chi connectivity index (χ2v) is 8.45. The highest BCUT2D eigenvalue weighted by Crippen LogP contribution is 2.53. The third-order valence-electron chi connectivity index (χ3n) is 5.09. The standard InChI is InChI=1S/C16H15NO5S/c1-23(21,22)10-4-5-12(18)11(7-10)17-15(19)13-8-2-3-9(6-8)14(13)16(17)20/h2-5,7-9,13-14,18H,6H2,1H3. The fourth-order valence-electron chi connectivity index (χ4n) is 4.05. The molecular weight excluding hydrogens is 318 g/mol. The average Bonchev–Trinajstić information content (AvgIpc) is 3.13. The fourth-order valence-corrected chi connectivity index (χ4v) is 4.69. The number of anilines is 1. The summed E-state index contributed by atoms with van der Waals surface area (Å²) in [5.41, 5.74) is -0.0447. The van der Waals surface area contributed by atoms with E-state index in [2.05, 4.69) is 0 Å². The number of aromatic hydroxyl groups is 1. The number of benzene rings is 1. The minimum atomic E-state index is -3.51. The number of phenols is 1. The van der Waals surface area contributed by atoms with Crippen molar-refractivity contribution in [2.24, 2.45) is 23.7 Å². The largest absolute Gasteiger partial charge is 0.506 e. The van der Waals surface area contributed by atoms with Crippen LogP contribution in [0.1, 0.15) is 6.42 Å². The third kappa shape index (κ3) is 1.89. The van der Waals surface area contributed by atoms with Crippen molar-refractivity contribution in [3.05, 3.63) is 30.4 Å². The van der Waals surface area contributed by atoms with Gasteiger partial charge < -0.3 is 5.11 Å². The number of fused-ring (bicyclic) bond motifs is 5. The Balaban J connectivity index is 1.81. The van der Waals surface area contributed by atoms with Crippen LogP contribution in [0.15, 0.2) is 35.2 Å². The number of allylic oxidation sites excluding steroid dienone is 2. The summed E-state index contributed by atoms with van der Waals surface area (Å²) < 4.78 is 23.4. The zero-order chi connectivity index (χ0) is 16.5. The molecular formula is C16H15NO5S. The normalized spacial score (nSPS) is 32.0. The number of hydrogen-bond donors (Lipinski definition) is 1. The first-order chi connectivity index (χ1) is 10.8. The molecule has 4 unspecified atom stereocenters. The molecule has 7 heteroatoms. The second kappa shape index (κ2) is 4.44. The highest BCUT2D eigenvalue weighted by molar-refractivity contribution is 7.90. The molecule has 0 aromatic heterocycles. The van der Waals surface area contributed by atoms with Crippen LogP contribution < -0.4 is 4.90 Å². The number of imide groups is 1. The van der Waals surface area contributed by atoms with E-state index in [1.165, 1.54) is 18.2 Å². The van der Waals surface area contributed by atoms with Crippen molar-refractivity contribution in [3.8, 4) is 5.75 Å². The molecule has 2 fully saturated rings. The maximum atomic E-state index is 12.7. The van der Waals surface area contributed by atoms with Crippen LogP contribution in [0.4, 0.5) is 5.69 Å². The zero-order valence-corrected chi connectivity index (χ0v) is 13.2. The van der Waals surface area contributed by atoms with E-state index in [4.69, 9.17) is 0 Å². The lowest BCUT2D eigenvalue weighted by Gasteiger charge is -2.19. The van der Waals surface area contributed by atoms with Gasteiger partial charge in [0, 0.05) is 6.26 Å². The van der Waals surface area contributed by atoms with Crippen molar-refractivity contribution in [2.75, 3.05) is 11.2 Å². The highest BCUT2D eigenvalue weighted by atomic mass is 32.2. The summed E-state index contributed by atoms with van der Waals surface area (Å²) in [4.78, 5) is 26.3. The zero-order valence-electron chi connectivity index (χ0n) is 12.3. The molecule has 1 aromatic carbocycles. The third-order valence-corrected chi connectivity index (χ3v) is 6.20. The van der Waals surface area contributed by atoms with Gasteiger partial charge in [-0.1, -0.05) is 12.2 Å². The van der Waals surface area contributed by atoms with Gasteiger partial charge in [0.15, 0.2) is 9.84 Å². The fraction of sp³-hybridized carbons (Fsp3) is 0.375. The van der Waals surface area contributed by atoms with Gasteiger partial charge in [0.1, 0.15) is 5.75 Å². The van der Waals surface area contributed by atoms with Crippen molar-refractivity contribution >= 4 is 27.3 Å². The van der Waals surface area contributed by atoms with Crippen LogP contribution in [0.25, 0.3) is 0 Å². The molecule has 3 aliphatic rings. The van der Waals surface area contributed by atoms with E-state index in [0.717, 1.165) is 17.6 Å². The van der Waals surface area contributed by atoms with Gasteiger partial charge >= 0.3 is 0 Å². The number of nitrogens with zero attached hydrogens (tertiary/aromatic N) is 1. The van der Waals surface area contributed by atoms with Gasteiger partial charge in [-0.3, -0.25) is 9.59 Å². The molecule has 1 heterocycles. The molecule has 2 aliphatic carbocycles. The minimum Gasteiger partial charge on any atom is -0.506 e. The summed E-state index contributed by atoms with van der Waals surface area (Å²) in [6.45, 7) is 0. The van der Waals surface area contributed by atoms with Crippen LogP contribution in [-0.4, -0.2) is 31.6 Å². The van der Waals surface area contributed by atoms with Crippen LogP contribution in [0.3, 0.4) is 0 Å². The maximum Gasteiger partial charge on any atom is 0.238 e. The smallest absolute Gasteiger partial charge is 0.238 e. The molecule has 6 nitrogen and oxygen atoms in total. The molecule has 4 atom stereocenters. The molecule has 2 bridgehead atoms. The topological polar surface area (TPSA) is 91.8 Å². The minimum absolute atomic E-state index is 0.0379. The van der Waals surface area contributed by atoms with Crippen molar-refractivity contribution in [3.63, 3.8) is 0 Å². The Morgan fingerprint density at radius 3 is 2.17 bits per heavy atom. The number of hydrogen-bond acceptors (Lipinski definition) is 5. The number of sulfone groups is 1. The predicted octanol–water partition coefficient (Wildman–Crippen LogP) is 1.11. The molecule has 0 spiro atoms. The van der Waals surface area contributed by atoms with Gasteiger partial charge in [-0.25, -0.2) is 13.3 Å². The van der Waals surface area contributed by atoms with Crippen LogP contribution in [0, 0.1) is 23.7 Å². The Morgan fingerprint density at radius 1 is 1.09 bits per heavy atom. The summed E-state index contributed by atoms with van der Waals surface area (Å²) in [5.74, 6) is -1.63. The van der Waals surface area contributed by atoms with E-state index in [0.29, 0.717) is 0 Å². The van der Waals surface area contributed by atoms with Crippen molar-refractivity contribution < 1.29 is 23.1 Å². The van der Waals surface area contributed by atoms with Crippen molar-refractivity contribution in [1.82, 2.24) is 0 Å². The SMILES string of the molecule is CS(=O)(=O)c1ccc(O)c(N2C(=O)C3C4C=CC(C4)C3C2=O)c1. The number of phenolic OH excluding ortho intramolecular Hbond substituents is 1. The van der Waals surface area contributed by atoms with Crippen molar-refractivity contribution in [2.45, 2.75) is 11.3 Å². The molecule has 1 aliphatic heterocycles. The van der Waals surface area contributed by atoms with Crippen LogP contribution in [0.2, 0.25) is 0 Å². The quantitative estimate of drug-likeness (QED) is 0.646. The van der Waals surface area contributed by atoms with E-state index >= 15 is 0 Å². The van der Waals surface area contributed by atoms with Gasteiger partial charge in [0.05, 0.1) is 22.4 Å². The Labute approximate surface area is 133 Å². The Hall–Kier alpha value is -2.15. The van der Waals surface area contributed by atoms with E-state index < -0.39 is 21.7 Å². The number of amides is 2. The lowest BCUT2D eigenvalue weighted by Crippen LogP contribution is -2.33. The van der Waals surface area contributed by atoms with Gasteiger partial charge in [0.25, 0.3) is 0 Å². The summed E-state index contributed by atoms with van der Waals surface area (Å²) in [7, 11) is -3.51. The lowest BCUT2D eigenvalue weighted by molar-refractivity contribution is -0.123. The average molecular weight is 333 g/mol. The maximum absolute atomic E-state index is 12.7. The Morgan fingerprint density at radius 2 is 1.65 bits per heavy atom. The number of rotatable bonds is 2. The van der Waals surface area contributed by atoms with Gasteiger partial charge in [-0.2, -0.15) is 0 Å². The number of carbonyl (C=O) groups is 2. The Bertz CT molecular complexity index is 842. The highest BCUT2D eigenvalue weighted by Gasteiger charge is 2.59. The molecule has 4 rings (SSSR count). The molecule has 120 valence electrons. The lowest BCUT2D eigenvalue weighted by atomic mass is 9.85. The van der Waals surface area contributed by atoms with Crippen molar-refractivity contribution in [1.29, 1.82) is 0 Å². The monoisotopic (exact) mass is 333 g/mol. The van der Waals surface area contributed by atoms with Gasteiger partial charge in [0.2, 0.25) is 11.8 Å². The van der Waals surface area contributed by atoms with E-state index in [1.807, 2.05) is 12.2 Å². The van der Waals surface area contributed by atoms with E-state index in [1.54, 1.807) is 0 Å². The van der Waals surface area contributed by atoms with Gasteiger partial charge in [-0.15, -0.1) is 0 Å². The molecule has 23 heavy (non-hydrogen) atoms. The predicted molar refractivity (Wildman–Crippen MR) is 81.4 cm³/mol.